The third-order valence-corrected chi connectivity index (χ3v) is 6.78. The molecule has 0 bridgehead atoms. The van der Waals surface area contributed by atoms with Crippen molar-refractivity contribution < 1.29 is 19.1 Å². The molecule has 0 fully saturated rings. The number of anilines is 2. The Balaban J connectivity index is 1.53. The number of amides is 2. The summed E-state index contributed by atoms with van der Waals surface area (Å²) in [6, 6.07) is 25.1. The summed E-state index contributed by atoms with van der Waals surface area (Å²) in [5.41, 5.74) is 1.85. The predicted molar refractivity (Wildman–Crippen MR) is 147 cm³/mol. The molecule has 0 saturated carbocycles. The van der Waals surface area contributed by atoms with Crippen molar-refractivity contribution in [2.75, 3.05) is 24.9 Å². The van der Waals surface area contributed by atoms with Crippen molar-refractivity contribution in [3.63, 3.8) is 0 Å². The number of halogens is 1. The second-order valence-corrected chi connectivity index (χ2v) is 9.43. The summed E-state index contributed by atoms with van der Waals surface area (Å²) < 4.78 is 10.5. The molecule has 2 N–H and O–H groups in total. The number of thioether (sulfide) groups is 1. The number of benzene rings is 3. The van der Waals surface area contributed by atoms with E-state index in [2.05, 4.69) is 15.6 Å². The van der Waals surface area contributed by atoms with Gasteiger partial charge in [0.05, 0.1) is 19.2 Å². The van der Waals surface area contributed by atoms with Gasteiger partial charge >= 0.3 is 0 Å². The highest BCUT2D eigenvalue weighted by atomic mass is 35.5. The minimum atomic E-state index is -0.560. The molecule has 1 unspecified atom stereocenters. The molecule has 4 rings (SSSR count). The van der Waals surface area contributed by atoms with Gasteiger partial charge in [-0.05, 0) is 54.1 Å². The van der Waals surface area contributed by atoms with Gasteiger partial charge in [-0.2, -0.15) is 0 Å². The summed E-state index contributed by atoms with van der Waals surface area (Å²) in [5, 5.41) is 5.68. The molecule has 0 aliphatic rings. The van der Waals surface area contributed by atoms with Crippen molar-refractivity contribution >= 4 is 46.7 Å². The van der Waals surface area contributed by atoms with Gasteiger partial charge in [-0.1, -0.05) is 48.0 Å². The van der Waals surface area contributed by atoms with Crippen molar-refractivity contribution in [2.24, 2.45) is 0 Å². The Hall–Kier alpha value is -4.01. The summed E-state index contributed by atoms with van der Waals surface area (Å²) in [6.45, 7) is 0. The van der Waals surface area contributed by atoms with Crippen LogP contribution in [0.3, 0.4) is 0 Å². The second kappa shape index (κ2) is 12.3. The molecule has 1 aromatic heterocycles. The van der Waals surface area contributed by atoms with E-state index in [1.807, 2.05) is 48.5 Å². The maximum atomic E-state index is 13.3. The Morgan fingerprint density at radius 2 is 1.65 bits per heavy atom. The third kappa shape index (κ3) is 6.81. The Bertz CT molecular complexity index is 1380. The van der Waals surface area contributed by atoms with Crippen LogP contribution < -0.4 is 20.1 Å². The SMILES string of the molecule is COc1ccc(C(=O)Nc2cccc(SC(C(=O)Nc3ccc(Cl)cn3)c3ccccc3)c2)cc1OC. The van der Waals surface area contributed by atoms with E-state index in [1.165, 1.54) is 32.2 Å². The number of pyridine rings is 1. The fraction of sp³-hybridized carbons (Fsp3) is 0.107. The summed E-state index contributed by atoms with van der Waals surface area (Å²) in [4.78, 5) is 31.1. The normalized spacial score (nSPS) is 11.3. The lowest BCUT2D eigenvalue weighted by Gasteiger charge is -2.17. The van der Waals surface area contributed by atoms with E-state index < -0.39 is 5.25 Å². The van der Waals surface area contributed by atoms with E-state index in [-0.39, 0.29) is 11.8 Å². The van der Waals surface area contributed by atoms with Crippen LogP contribution in [0.5, 0.6) is 11.5 Å². The summed E-state index contributed by atoms with van der Waals surface area (Å²) in [5.74, 6) is 0.884. The number of carbonyl (C=O) groups is 2. The van der Waals surface area contributed by atoms with Crippen molar-refractivity contribution in [1.82, 2.24) is 4.98 Å². The van der Waals surface area contributed by atoms with Crippen molar-refractivity contribution in [2.45, 2.75) is 10.1 Å². The van der Waals surface area contributed by atoms with Crippen molar-refractivity contribution in [3.8, 4) is 11.5 Å². The molecule has 0 saturated heterocycles. The lowest BCUT2D eigenvalue weighted by molar-refractivity contribution is -0.115. The molecule has 1 atom stereocenters. The predicted octanol–water partition coefficient (Wildman–Crippen LogP) is 6.48. The molecule has 0 aliphatic carbocycles. The van der Waals surface area contributed by atoms with Gasteiger partial charge in [0.15, 0.2) is 11.5 Å². The summed E-state index contributed by atoms with van der Waals surface area (Å²) in [7, 11) is 3.05. The Labute approximate surface area is 224 Å². The topological polar surface area (TPSA) is 89.5 Å². The number of carbonyl (C=O) groups excluding carboxylic acids is 2. The molecule has 0 aliphatic heterocycles. The van der Waals surface area contributed by atoms with E-state index >= 15 is 0 Å². The molecule has 37 heavy (non-hydrogen) atoms. The van der Waals surface area contributed by atoms with Gasteiger partial charge in [-0.15, -0.1) is 11.8 Å². The number of nitrogens with one attached hydrogen (secondary N) is 2. The Morgan fingerprint density at radius 3 is 2.35 bits per heavy atom. The lowest BCUT2D eigenvalue weighted by atomic mass is 10.1. The highest BCUT2D eigenvalue weighted by Crippen LogP contribution is 2.37. The van der Waals surface area contributed by atoms with Crippen LogP contribution in [0.2, 0.25) is 5.02 Å². The van der Waals surface area contributed by atoms with Crippen LogP contribution in [0.15, 0.2) is 96.0 Å². The zero-order valence-corrected chi connectivity index (χ0v) is 21.7. The monoisotopic (exact) mass is 533 g/mol. The second-order valence-electron chi connectivity index (χ2n) is 7.81. The first-order valence-corrected chi connectivity index (χ1v) is 12.5. The van der Waals surface area contributed by atoms with Crippen LogP contribution >= 0.6 is 23.4 Å². The first kappa shape index (κ1) is 26.1. The van der Waals surface area contributed by atoms with Crippen LogP contribution in [-0.2, 0) is 4.79 Å². The molecule has 2 amide bonds. The van der Waals surface area contributed by atoms with Crippen LogP contribution in [0, 0.1) is 0 Å². The van der Waals surface area contributed by atoms with Crippen LogP contribution in [0.25, 0.3) is 0 Å². The zero-order valence-electron chi connectivity index (χ0n) is 20.1. The number of nitrogens with zero attached hydrogens (tertiary/aromatic N) is 1. The molecule has 0 radical (unpaired) electrons. The largest absolute Gasteiger partial charge is 0.493 e. The van der Waals surface area contributed by atoms with Crippen LogP contribution in [0.4, 0.5) is 11.5 Å². The number of hydrogen-bond acceptors (Lipinski definition) is 6. The number of rotatable bonds is 9. The van der Waals surface area contributed by atoms with Crippen LogP contribution in [-0.4, -0.2) is 31.0 Å². The summed E-state index contributed by atoms with van der Waals surface area (Å²) in [6.07, 6.45) is 1.48. The van der Waals surface area contributed by atoms with E-state index in [0.29, 0.717) is 33.6 Å². The molecule has 188 valence electrons. The number of hydrogen-bond donors (Lipinski definition) is 2. The van der Waals surface area contributed by atoms with Gasteiger partial charge in [0.25, 0.3) is 5.91 Å². The van der Waals surface area contributed by atoms with E-state index in [1.54, 1.807) is 36.4 Å². The first-order chi connectivity index (χ1) is 18.0. The Morgan fingerprint density at radius 1 is 0.865 bits per heavy atom. The maximum Gasteiger partial charge on any atom is 0.255 e. The van der Waals surface area contributed by atoms with Gasteiger partial charge in [-0.25, -0.2) is 4.98 Å². The average Bonchev–Trinajstić information content (AvgIpc) is 2.93. The zero-order chi connectivity index (χ0) is 26.2. The minimum absolute atomic E-state index is 0.231. The standard InChI is InChI=1S/C28H24ClN3O4S/c1-35-23-13-11-19(15-24(23)36-2)27(33)31-21-9-6-10-22(16-21)37-26(18-7-4-3-5-8-18)28(34)32-25-14-12-20(29)17-30-25/h3-17,26H,1-2H3,(H,31,33)(H,30,32,34). The average molecular weight is 534 g/mol. The molecular formula is C28H24ClN3O4S. The molecule has 4 aromatic rings. The fourth-order valence-corrected chi connectivity index (χ4v) is 4.70. The highest BCUT2D eigenvalue weighted by molar-refractivity contribution is 8.00. The highest BCUT2D eigenvalue weighted by Gasteiger charge is 2.23. The molecule has 3 aromatic carbocycles. The maximum absolute atomic E-state index is 13.3. The van der Waals surface area contributed by atoms with Crippen LogP contribution in [0.1, 0.15) is 21.2 Å². The van der Waals surface area contributed by atoms with Gasteiger partial charge in [0.2, 0.25) is 5.91 Å². The quantitative estimate of drug-likeness (QED) is 0.239. The van der Waals surface area contributed by atoms with E-state index in [0.717, 1.165) is 10.5 Å². The van der Waals surface area contributed by atoms with E-state index in [4.69, 9.17) is 21.1 Å². The number of methoxy groups -OCH3 is 2. The van der Waals surface area contributed by atoms with Crippen molar-refractivity contribution in [1.29, 1.82) is 0 Å². The molecule has 0 spiro atoms. The third-order valence-electron chi connectivity index (χ3n) is 5.31. The minimum Gasteiger partial charge on any atom is -0.493 e. The lowest BCUT2D eigenvalue weighted by Crippen LogP contribution is -2.19. The van der Waals surface area contributed by atoms with Gasteiger partial charge in [-0.3, -0.25) is 9.59 Å². The van der Waals surface area contributed by atoms with Gasteiger partial charge in [0.1, 0.15) is 11.1 Å². The van der Waals surface area contributed by atoms with Crippen molar-refractivity contribution in [3.05, 3.63) is 107 Å². The summed E-state index contributed by atoms with van der Waals surface area (Å²) >= 11 is 7.28. The molecule has 1 heterocycles. The first-order valence-electron chi connectivity index (χ1n) is 11.2. The molecule has 7 nitrogen and oxygen atoms in total. The van der Waals surface area contributed by atoms with E-state index in [9.17, 15) is 9.59 Å². The van der Waals surface area contributed by atoms with Gasteiger partial charge < -0.3 is 20.1 Å². The smallest absolute Gasteiger partial charge is 0.255 e. The molecular weight excluding hydrogens is 510 g/mol. The number of ether oxygens (including phenoxy) is 2. The molecule has 9 heteroatoms. The Kier molecular flexibility index (Phi) is 8.66. The fourth-order valence-electron chi connectivity index (χ4n) is 3.51. The number of aromatic nitrogens is 1. The van der Waals surface area contributed by atoms with Gasteiger partial charge in [0, 0.05) is 22.3 Å².